The Morgan fingerprint density at radius 3 is 2.56 bits per heavy atom. The van der Waals surface area contributed by atoms with Crippen LogP contribution in [0, 0.1) is 11.2 Å². The number of para-hydroxylation sites is 1. The lowest BCUT2D eigenvalue weighted by Gasteiger charge is -2.28. The van der Waals surface area contributed by atoms with E-state index in [1.165, 1.54) is 6.07 Å². The number of aromatic hydroxyl groups is 1. The summed E-state index contributed by atoms with van der Waals surface area (Å²) in [5.74, 6) is -0.821. The summed E-state index contributed by atoms with van der Waals surface area (Å²) in [4.78, 5) is 0. The molecule has 1 atom stereocenters. The van der Waals surface area contributed by atoms with E-state index >= 15 is 0 Å². The van der Waals surface area contributed by atoms with Gasteiger partial charge < -0.3 is 10.4 Å². The number of hydrogen-bond donors (Lipinski definition) is 2. The van der Waals surface area contributed by atoms with Crippen molar-refractivity contribution in [2.24, 2.45) is 5.41 Å². The van der Waals surface area contributed by atoms with E-state index in [2.05, 4.69) is 33.0 Å². The molecule has 0 aliphatic heterocycles. The molecule has 0 aromatic heterocycles. The van der Waals surface area contributed by atoms with Crippen LogP contribution in [0.25, 0.3) is 0 Å². The van der Waals surface area contributed by atoms with Gasteiger partial charge in [-0.2, -0.15) is 0 Å². The fraction of sp³-hybridized carbons (Fsp3) is 0.538. The van der Waals surface area contributed by atoms with Gasteiger partial charge in [-0.15, -0.1) is 0 Å². The van der Waals surface area contributed by atoms with Gasteiger partial charge in [0.25, 0.3) is 0 Å². The highest BCUT2D eigenvalue weighted by molar-refractivity contribution is 5.33. The van der Waals surface area contributed by atoms with Crippen LogP contribution in [0.5, 0.6) is 5.75 Å². The first-order valence-electron chi connectivity index (χ1n) is 5.52. The molecule has 0 fully saturated rings. The molecule has 3 heteroatoms. The van der Waals surface area contributed by atoms with Gasteiger partial charge in [0.15, 0.2) is 11.6 Å². The molecule has 0 radical (unpaired) electrons. The van der Waals surface area contributed by atoms with Crippen molar-refractivity contribution in [2.45, 2.75) is 40.3 Å². The zero-order valence-electron chi connectivity index (χ0n) is 10.3. The normalized spacial score (nSPS) is 13.8. The molecular formula is C13H20FNO. The van der Waals surface area contributed by atoms with Crippen molar-refractivity contribution in [1.82, 2.24) is 5.32 Å². The lowest BCUT2D eigenvalue weighted by Crippen LogP contribution is -2.37. The second kappa shape index (κ2) is 4.83. The van der Waals surface area contributed by atoms with Crippen LogP contribution < -0.4 is 5.32 Å². The van der Waals surface area contributed by atoms with Crippen molar-refractivity contribution in [2.75, 3.05) is 0 Å². The van der Waals surface area contributed by atoms with E-state index in [0.717, 1.165) is 0 Å². The van der Waals surface area contributed by atoms with Gasteiger partial charge in [0.05, 0.1) is 0 Å². The first kappa shape index (κ1) is 13.0. The van der Waals surface area contributed by atoms with Crippen LogP contribution >= 0.6 is 0 Å². The lowest BCUT2D eigenvalue weighted by molar-refractivity contribution is 0.283. The first-order valence-corrected chi connectivity index (χ1v) is 5.52. The quantitative estimate of drug-likeness (QED) is 0.828. The Hall–Kier alpha value is -1.09. The Bertz CT molecular complexity index is 357. The molecule has 0 aliphatic carbocycles. The second-order valence-electron chi connectivity index (χ2n) is 5.22. The minimum Gasteiger partial charge on any atom is -0.505 e. The molecule has 90 valence electrons. The molecule has 1 aromatic rings. The topological polar surface area (TPSA) is 32.3 Å². The number of phenols is 1. The Kier molecular flexibility index (Phi) is 3.92. The summed E-state index contributed by atoms with van der Waals surface area (Å²) in [5.41, 5.74) is 0.735. The summed E-state index contributed by atoms with van der Waals surface area (Å²) in [6, 6.07) is 4.87. The van der Waals surface area contributed by atoms with Crippen molar-refractivity contribution >= 4 is 0 Å². The third kappa shape index (κ3) is 3.20. The van der Waals surface area contributed by atoms with Crippen molar-refractivity contribution in [3.05, 3.63) is 29.6 Å². The minimum absolute atomic E-state index is 0.142. The summed E-state index contributed by atoms with van der Waals surface area (Å²) in [7, 11) is 0. The third-order valence-electron chi connectivity index (χ3n) is 2.97. The van der Waals surface area contributed by atoms with Gasteiger partial charge in [-0.3, -0.25) is 0 Å². The molecule has 0 aliphatic rings. The fourth-order valence-electron chi connectivity index (χ4n) is 1.27. The van der Waals surface area contributed by atoms with E-state index < -0.39 is 5.82 Å². The average Bonchev–Trinajstić information content (AvgIpc) is 2.18. The van der Waals surface area contributed by atoms with Gasteiger partial charge in [0.1, 0.15) is 0 Å². The monoisotopic (exact) mass is 225 g/mol. The van der Waals surface area contributed by atoms with Gasteiger partial charge in [-0.05, 0) is 18.4 Å². The van der Waals surface area contributed by atoms with Crippen LogP contribution in [0.3, 0.4) is 0 Å². The Labute approximate surface area is 96.5 Å². The van der Waals surface area contributed by atoms with Crippen molar-refractivity contribution in [3.63, 3.8) is 0 Å². The predicted octanol–water partition coefficient (Wildman–Crippen LogP) is 3.06. The van der Waals surface area contributed by atoms with E-state index in [1.54, 1.807) is 12.1 Å². The highest BCUT2D eigenvalue weighted by atomic mass is 19.1. The maximum atomic E-state index is 13.1. The molecule has 2 N–H and O–H groups in total. The Morgan fingerprint density at radius 2 is 2.00 bits per heavy atom. The maximum absolute atomic E-state index is 13.1. The summed E-state index contributed by atoms with van der Waals surface area (Å²) in [6.07, 6.45) is 0. The van der Waals surface area contributed by atoms with Gasteiger partial charge in [0.2, 0.25) is 0 Å². The Balaban J connectivity index is 2.65. The van der Waals surface area contributed by atoms with E-state index in [1.807, 2.05) is 0 Å². The number of halogens is 1. The average molecular weight is 225 g/mol. The van der Waals surface area contributed by atoms with Crippen LogP contribution in [0.4, 0.5) is 4.39 Å². The van der Waals surface area contributed by atoms with E-state index in [9.17, 15) is 9.50 Å². The van der Waals surface area contributed by atoms with Crippen LogP contribution in [0.1, 0.15) is 33.3 Å². The SMILES string of the molecule is CC(NCc1cccc(F)c1O)C(C)(C)C. The zero-order valence-corrected chi connectivity index (χ0v) is 10.3. The van der Waals surface area contributed by atoms with Gasteiger partial charge in [-0.1, -0.05) is 32.9 Å². The molecule has 1 unspecified atom stereocenters. The molecule has 1 aromatic carbocycles. The largest absolute Gasteiger partial charge is 0.505 e. The molecule has 1 rings (SSSR count). The molecule has 16 heavy (non-hydrogen) atoms. The van der Waals surface area contributed by atoms with Crippen LogP contribution in [0.15, 0.2) is 18.2 Å². The molecular weight excluding hydrogens is 205 g/mol. The number of rotatable bonds is 3. The Morgan fingerprint density at radius 1 is 1.38 bits per heavy atom. The minimum atomic E-state index is -0.567. The van der Waals surface area contributed by atoms with E-state index in [0.29, 0.717) is 12.1 Å². The summed E-state index contributed by atoms with van der Waals surface area (Å²) in [5, 5.41) is 12.8. The third-order valence-corrected chi connectivity index (χ3v) is 2.97. The van der Waals surface area contributed by atoms with Crippen molar-refractivity contribution < 1.29 is 9.50 Å². The van der Waals surface area contributed by atoms with E-state index in [-0.39, 0.29) is 17.2 Å². The van der Waals surface area contributed by atoms with Crippen molar-refractivity contribution in [3.8, 4) is 5.75 Å². The maximum Gasteiger partial charge on any atom is 0.165 e. The molecule has 2 nitrogen and oxygen atoms in total. The van der Waals surface area contributed by atoms with Crippen LogP contribution in [0.2, 0.25) is 0 Å². The van der Waals surface area contributed by atoms with Gasteiger partial charge in [0, 0.05) is 18.2 Å². The molecule has 0 bridgehead atoms. The summed E-state index contributed by atoms with van der Waals surface area (Å²) < 4.78 is 13.1. The van der Waals surface area contributed by atoms with Gasteiger partial charge in [-0.25, -0.2) is 4.39 Å². The fourth-order valence-corrected chi connectivity index (χ4v) is 1.27. The van der Waals surface area contributed by atoms with E-state index in [4.69, 9.17) is 0 Å². The smallest absolute Gasteiger partial charge is 0.165 e. The lowest BCUT2D eigenvalue weighted by atomic mass is 9.88. The number of phenolic OH excluding ortho intramolecular Hbond substituents is 1. The first-order chi connectivity index (χ1) is 7.32. The number of benzene rings is 1. The standard InChI is InChI=1S/C13H20FNO/c1-9(13(2,3)4)15-8-10-6-5-7-11(14)12(10)16/h5-7,9,15-16H,8H2,1-4H3. The highest BCUT2D eigenvalue weighted by Crippen LogP contribution is 2.22. The second-order valence-corrected chi connectivity index (χ2v) is 5.22. The zero-order chi connectivity index (χ0) is 12.3. The summed E-state index contributed by atoms with van der Waals surface area (Å²) >= 11 is 0. The molecule has 0 saturated carbocycles. The molecule has 0 spiro atoms. The number of nitrogens with one attached hydrogen (secondary N) is 1. The predicted molar refractivity (Wildman–Crippen MR) is 63.8 cm³/mol. The van der Waals surface area contributed by atoms with Gasteiger partial charge >= 0.3 is 0 Å². The summed E-state index contributed by atoms with van der Waals surface area (Å²) in [6.45, 7) is 8.96. The molecule has 0 saturated heterocycles. The molecule has 0 amide bonds. The number of hydrogen-bond acceptors (Lipinski definition) is 2. The molecule has 0 heterocycles. The highest BCUT2D eigenvalue weighted by Gasteiger charge is 2.19. The van der Waals surface area contributed by atoms with Crippen LogP contribution in [-0.4, -0.2) is 11.1 Å². The van der Waals surface area contributed by atoms with Crippen LogP contribution in [-0.2, 0) is 6.54 Å². The van der Waals surface area contributed by atoms with Crippen molar-refractivity contribution in [1.29, 1.82) is 0 Å².